The molecule has 0 radical (unpaired) electrons. The molecular formula is C15H13ClFNO2. The Hall–Kier alpha value is -1.91. The number of nitrogens with one attached hydrogen (secondary N) is 1. The second kappa shape index (κ2) is 6.50. The van der Waals surface area contributed by atoms with E-state index in [1.165, 1.54) is 18.2 Å². The molecule has 0 bridgehead atoms. The molecule has 0 heterocycles. The van der Waals surface area contributed by atoms with Crippen LogP contribution in [-0.4, -0.2) is 11.0 Å². The molecule has 0 spiro atoms. The fourth-order valence-electron chi connectivity index (χ4n) is 1.76. The Bertz CT molecular complexity index is 601. The molecule has 20 heavy (non-hydrogen) atoms. The van der Waals surface area contributed by atoms with Gasteiger partial charge in [0.25, 0.3) is 0 Å². The largest absolute Gasteiger partial charge is 0.388 e. The number of hydrogen-bond acceptors (Lipinski definition) is 2. The van der Waals surface area contributed by atoms with E-state index in [4.69, 9.17) is 11.6 Å². The molecule has 0 aromatic heterocycles. The molecular weight excluding hydrogens is 281 g/mol. The maximum Gasteiger partial charge on any atom is 0.227 e. The molecule has 1 atom stereocenters. The summed E-state index contributed by atoms with van der Waals surface area (Å²) in [5.41, 5.74) is 0.960. The van der Waals surface area contributed by atoms with Gasteiger partial charge in [-0.15, -0.1) is 0 Å². The number of aliphatic hydroxyl groups is 1. The van der Waals surface area contributed by atoms with Crippen molar-refractivity contribution in [1.82, 2.24) is 0 Å². The van der Waals surface area contributed by atoms with Crippen LogP contribution in [0, 0.1) is 5.82 Å². The van der Waals surface area contributed by atoms with E-state index in [1.807, 2.05) is 0 Å². The first-order chi connectivity index (χ1) is 9.54. The summed E-state index contributed by atoms with van der Waals surface area (Å²) in [6, 6.07) is 12.2. The van der Waals surface area contributed by atoms with Crippen LogP contribution in [0.4, 0.5) is 10.1 Å². The van der Waals surface area contributed by atoms with Crippen LogP contribution >= 0.6 is 11.6 Å². The lowest BCUT2D eigenvalue weighted by Crippen LogP contribution is -2.15. The summed E-state index contributed by atoms with van der Waals surface area (Å²) in [5.74, 6) is -0.820. The molecule has 3 nitrogen and oxygen atoms in total. The molecule has 5 heteroatoms. The third kappa shape index (κ3) is 4.05. The molecule has 2 aromatic carbocycles. The van der Waals surface area contributed by atoms with E-state index in [-0.39, 0.29) is 6.42 Å². The first kappa shape index (κ1) is 14.5. The van der Waals surface area contributed by atoms with Gasteiger partial charge in [0.05, 0.1) is 12.5 Å². The highest BCUT2D eigenvalue weighted by Gasteiger charge is 2.13. The molecule has 2 rings (SSSR count). The van der Waals surface area contributed by atoms with Gasteiger partial charge in [-0.2, -0.15) is 0 Å². The van der Waals surface area contributed by atoms with E-state index in [9.17, 15) is 14.3 Å². The average Bonchev–Trinajstić information content (AvgIpc) is 2.39. The molecule has 2 N–H and O–H groups in total. The van der Waals surface area contributed by atoms with Crippen molar-refractivity contribution < 1.29 is 14.3 Å². The maximum absolute atomic E-state index is 13.0. The van der Waals surface area contributed by atoms with E-state index in [0.29, 0.717) is 16.3 Å². The molecule has 0 aliphatic heterocycles. The summed E-state index contributed by atoms with van der Waals surface area (Å²) in [6.45, 7) is 0. The number of rotatable bonds is 4. The lowest BCUT2D eigenvalue weighted by atomic mass is 10.1. The van der Waals surface area contributed by atoms with Gasteiger partial charge in [0.2, 0.25) is 5.91 Å². The van der Waals surface area contributed by atoms with Crippen LogP contribution in [0.25, 0.3) is 0 Å². The van der Waals surface area contributed by atoms with Crippen molar-refractivity contribution in [1.29, 1.82) is 0 Å². The van der Waals surface area contributed by atoms with Crippen LogP contribution in [0.15, 0.2) is 48.5 Å². The molecule has 104 valence electrons. The van der Waals surface area contributed by atoms with Gasteiger partial charge in [-0.25, -0.2) is 4.39 Å². The smallest absolute Gasteiger partial charge is 0.227 e. The Balaban J connectivity index is 1.95. The van der Waals surface area contributed by atoms with Crippen molar-refractivity contribution in [2.45, 2.75) is 12.5 Å². The molecule has 2 aromatic rings. The minimum Gasteiger partial charge on any atom is -0.388 e. The number of anilines is 1. The fraction of sp³-hybridized carbons (Fsp3) is 0.133. The van der Waals surface area contributed by atoms with E-state index in [2.05, 4.69) is 5.32 Å². The third-order valence-corrected chi connectivity index (χ3v) is 2.99. The van der Waals surface area contributed by atoms with Gasteiger partial charge in [0, 0.05) is 10.7 Å². The van der Waals surface area contributed by atoms with Gasteiger partial charge in [0.1, 0.15) is 5.82 Å². The van der Waals surface area contributed by atoms with Crippen molar-refractivity contribution in [3.63, 3.8) is 0 Å². The predicted molar refractivity (Wildman–Crippen MR) is 76.1 cm³/mol. The van der Waals surface area contributed by atoms with Crippen LogP contribution in [0.5, 0.6) is 0 Å². The summed E-state index contributed by atoms with van der Waals surface area (Å²) < 4.78 is 13.0. The molecule has 0 saturated heterocycles. The second-order valence-corrected chi connectivity index (χ2v) is 4.77. The zero-order chi connectivity index (χ0) is 14.5. The van der Waals surface area contributed by atoms with Gasteiger partial charge in [0.15, 0.2) is 0 Å². The summed E-state index contributed by atoms with van der Waals surface area (Å²) in [5, 5.41) is 13.0. The number of amides is 1. The normalized spacial score (nSPS) is 11.9. The summed E-state index contributed by atoms with van der Waals surface area (Å²) in [6.07, 6.45) is -1.04. The average molecular weight is 294 g/mol. The lowest BCUT2D eigenvalue weighted by Gasteiger charge is -2.11. The van der Waals surface area contributed by atoms with Crippen molar-refractivity contribution in [3.8, 4) is 0 Å². The number of carbonyl (C=O) groups excluding carboxylic acids is 1. The van der Waals surface area contributed by atoms with Crippen LogP contribution in [0.2, 0.25) is 5.02 Å². The van der Waals surface area contributed by atoms with E-state index < -0.39 is 17.8 Å². The Labute approximate surface area is 121 Å². The highest BCUT2D eigenvalue weighted by molar-refractivity contribution is 6.30. The van der Waals surface area contributed by atoms with E-state index in [1.54, 1.807) is 30.3 Å². The molecule has 1 unspecified atom stereocenters. The van der Waals surface area contributed by atoms with E-state index >= 15 is 0 Å². The van der Waals surface area contributed by atoms with Gasteiger partial charge < -0.3 is 10.4 Å². The van der Waals surface area contributed by atoms with Gasteiger partial charge in [-0.05, 0) is 35.9 Å². The number of aliphatic hydroxyl groups excluding tert-OH is 1. The van der Waals surface area contributed by atoms with Crippen molar-refractivity contribution in [3.05, 3.63) is 64.9 Å². The SMILES string of the molecule is O=C(CC(O)c1ccc(Cl)cc1)Nc1cccc(F)c1. The first-order valence-electron chi connectivity index (χ1n) is 6.03. The zero-order valence-corrected chi connectivity index (χ0v) is 11.3. The van der Waals surface area contributed by atoms with Crippen LogP contribution in [-0.2, 0) is 4.79 Å². The fourth-order valence-corrected chi connectivity index (χ4v) is 1.88. The highest BCUT2D eigenvalue weighted by Crippen LogP contribution is 2.20. The van der Waals surface area contributed by atoms with Gasteiger partial charge in [-0.1, -0.05) is 29.8 Å². The van der Waals surface area contributed by atoms with Crippen LogP contribution in [0.1, 0.15) is 18.1 Å². The zero-order valence-electron chi connectivity index (χ0n) is 10.5. The molecule has 0 saturated carbocycles. The molecule has 0 aliphatic rings. The second-order valence-electron chi connectivity index (χ2n) is 4.33. The topological polar surface area (TPSA) is 49.3 Å². The van der Waals surface area contributed by atoms with Gasteiger partial charge in [-0.3, -0.25) is 4.79 Å². The minimum atomic E-state index is -0.930. The Morgan fingerprint density at radius 2 is 1.95 bits per heavy atom. The van der Waals surface area contributed by atoms with Crippen molar-refractivity contribution >= 4 is 23.2 Å². The Kier molecular flexibility index (Phi) is 4.71. The number of hydrogen-bond donors (Lipinski definition) is 2. The lowest BCUT2D eigenvalue weighted by molar-refractivity contribution is -0.118. The number of halogens is 2. The highest BCUT2D eigenvalue weighted by atomic mass is 35.5. The molecule has 1 amide bonds. The monoisotopic (exact) mass is 293 g/mol. The van der Waals surface area contributed by atoms with Crippen molar-refractivity contribution in [2.75, 3.05) is 5.32 Å². The van der Waals surface area contributed by atoms with Crippen LogP contribution in [0.3, 0.4) is 0 Å². The van der Waals surface area contributed by atoms with Crippen LogP contribution < -0.4 is 5.32 Å². The first-order valence-corrected chi connectivity index (χ1v) is 6.41. The number of carbonyl (C=O) groups is 1. The standard InChI is InChI=1S/C15H13ClFNO2/c16-11-6-4-10(5-7-11)14(19)9-15(20)18-13-3-1-2-12(17)8-13/h1-8,14,19H,9H2,(H,18,20). The molecule has 0 fully saturated rings. The summed E-state index contributed by atoms with van der Waals surface area (Å²) >= 11 is 5.75. The summed E-state index contributed by atoms with van der Waals surface area (Å²) in [4.78, 5) is 11.8. The number of benzene rings is 2. The summed E-state index contributed by atoms with van der Waals surface area (Å²) in [7, 11) is 0. The minimum absolute atomic E-state index is 0.113. The Morgan fingerprint density at radius 3 is 2.60 bits per heavy atom. The third-order valence-electron chi connectivity index (χ3n) is 2.74. The van der Waals surface area contributed by atoms with E-state index in [0.717, 1.165) is 0 Å². The maximum atomic E-state index is 13.0. The van der Waals surface area contributed by atoms with Gasteiger partial charge >= 0.3 is 0 Å². The molecule has 0 aliphatic carbocycles. The quantitative estimate of drug-likeness (QED) is 0.906. The predicted octanol–water partition coefficient (Wildman–Crippen LogP) is 3.54. The van der Waals surface area contributed by atoms with Crippen molar-refractivity contribution in [2.24, 2.45) is 0 Å². The Morgan fingerprint density at radius 1 is 1.25 bits per heavy atom.